The largest absolute Gasteiger partial charge is 0.388 e. The van der Waals surface area contributed by atoms with E-state index in [1.807, 2.05) is 30.0 Å². The number of aromatic nitrogens is 3. The van der Waals surface area contributed by atoms with E-state index in [4.69, 9.17) is 0 Å². The van der Waals surface area contributed by atoms with Crippen LogP contribution in [0.2, 0.25) is 0 Å². The van der Waals surface area contributed by atoms with Gasteiger partial charge in [0.25, 0.3) is 5.91 Å². The Balaban J connectivity index is 1.73. The molecule has 0 bridgehead atoms. The van der Waals surface area contributed by atoms with Gasteiger partial charge < -0.3 is 14.9 Å². The number of pyridine rings is 3. The van der Waals surface area contributed by atoms with Gasteiger partial charge in [0.15, 0.2) is 5.82 Å². The van der Waals surface area contributed by atoms with E-state index in [1.165, 1.54) is 0 Å². The van der Waals surface area contributed by atoms with Crippen LogP contribution in [-0.2, 0) is 6.42 Å². The highest BCUT2D eigenvalue weighted by Crippen LogP contribution is 2.37. The van der Waals surface area contributed by atoms with Gasteiger partial charge >= 0.3 is 0 Å². The molecule has 1 atom stereocenters. The maximum atomic E-state index is 13.1. The van der Waals surface area contributed by atoms with Crippen molar-refractivity contribution < 1.29 is 9.90 Å². The van der Waals surface area contributed by atoms with E-state index in [-0.39, 0.29) is 5.91 Å². The van der Waals surface area contributed by atoms with E-state index in [1.54, 1.807) is 48.9 Å². The molecule has 0 radical (unpaired) electrons. The Kier molecular flexibility index (Phi) is 4.75. The van der Waals surface area contributed by atoms with Crippen LogP contribution in [0.15, 0.2) is 55.1 Å². The van der Waals surface area contributed by atoms with Crippen LogP contribution in [0.25, 0.3) is 0 Å². The summed E-state index contributed by atoms with van der Waals surface area (Å²) in [7, 11) is 1.74. The molecule has 0 saturated heterocycles. The van der Waals surface area contributed by atoms with Crippen molar-refractivity contribution in [3.8, 4) is 0 Å². The van der Waals surface area contributed by atoms with Gasteiger partial charge in [-0.15, -0.1) is 0 Å². The molecule has 0 fully saturated rings. The average molecular weight is 375 g/mol. The zero-order valence-corrected chi connectivity index (χ0v) is 15.8. The first-order chi connectivity index (χ1) is 13.6. The molecule has 7 heteroatoms. The Morgan fingerprint density at radius 3 is 2.64 bits per heavy atom. The number of hydrogen-bond acceptors (Lipinski definition) is 6. The predicted molar refractivity (Wildman–Crippen MR) is 107 cm³/mol. The molecule has 0 saturated carbocycles. The molecule has 4 rings (SSSR count). The number of aliphatic hydroxyl groups is 1. The van der Waals surface area contributed by atoms with Gasteiger partial charge in [-0.3, -0.25) is 9.78 Å². The van der Waals surface area contributed by atoms with E-state index in [9.17, 15) is 9.90 Å². The zero-order chi connectivity index (χ0) is 19.7. The van der Waals surface area contributed by atoms with Gasteiger partial charge in [-0.2, -0.15) is 0 Å². The molecule has 28 heavy (non-hydrogen) atoms. The minimum Gasteiger partial charge on any atom is -0.388 e. The van der Waals surface area contributed by atoms with Crippen molar-refractivity contribution in [2.75, 3.05) is 23.4 Å². The van der Waals surface area contributed by atoms with E-state index in [0.29, 0.717) is 30.2 Å². The Hall–Kier alpha value is -3.32. The number of carbonyl (C=O) groups excluding carboxylic acids is 1. The molecule has 1 amide bonds. The topological polar surface area (TPSA) is 82.4 Å². The normalized spacial score (nSPS) is 14.3. The van der Waals surface area contributed by atoms with Gasteiger partial charge in [-0.25, -0.2) is 9.97 Å². The summed E-state index contributed by atoms with van der Waals surface area (Å²) >= 11 is 0. The summed E-state index contributed by atoms with van der Waals surface area (Å²) in [6.45, 7) is 2.63. The molecule has 3 aromatic heterocycles. The first-order valence-corrected chi connectivity index (χ1v) is 9.17. The molecule has 1 aliphatic rings. The molecule has 4 heterocycles. The fourth-order valence-electron chi connectivity index (χ4n) is 3.46. The second-order valence-corrected chi connectivity index (χ2v) is 6.67. The number of amides is 1. The van der Waals surface area contributed by atoms with Crippen molar-refractivity contribution in [3.05, 3.63) is 71.8 Å². The van der Waals surface area contributed by atoms with Crippen LogP contribution in [-0.4, -0.2) is 39.6 Å². The van der Waals surface area contributed by atoms with Crippen LogP contribution in [0.1, 0.15) is 34.5 Å². The van der Waals surface area contributed by atoms with Crippen molar-refractivity contribution in [1.29, 1.82) is 0 Å². The van der Waals surface area contributed by atoms with Crippen molar-refractivity contribution in [1.82, 2.24) is 15.0 Å². The Morgan fingerprint density at radius 1 is 1.11 bits per heavy atom. The lowest BCUT2D eigenvalue weighted by atomic mass is 10.0. The number of hydrogen-bond donors (Lipinski definition) is 1. The lowest BCUT2D eigenvalue weighted by Crippen LogP contribution is -2.25. The Morgan fingerprint density at radius 2 is 1.89 bits per heavy atom. The van der Waals surface area contributed by atoms with Crippen LogP contribution in [0.5, 0.6) is 0 Å². The van der Waals surface area contributed by atoms with Crippen LogP contribution >= 0.6 is 0 Å². The molecule has 1 aliphatic heterocycles. The molecule has 0 aliphatic carbocycles. The monoisotopic (exact) mass is 375 g/mol. The summed E-state index contributed by atoms with van der Waals surface area (Å²) in [5.41, 5.74) is 2.81. The van der Waals surface area contributed by atoms with Gasteiger partial charge in [-0.05, 0) is 48.4 Å². The zero-order valence-electron chi connectivity index (χ0n) is 15.8. The predicted octanol–water partition coefficient (Wildman–Crippen LogP) is 2.90. The average Bonchev–Trinajstić information content (AvgIpc) is 2.82. The summed E-state index contributed by atoms with van der Waals surface area (Å²) in [6.07, 6.45) is 6.39. The third kappa shape index (κ3) is 3.10. The van der Waals surface area contributed by atoms with Crippen LogP contribution in [0.4, 0.5) is 17.3 Å². The maximum Gasteiger partial charge on any atom is 0.261 e. The lowest BCUT2D eigenvalue weighted by Gasteiger charge is -2.22. The number of nitrogens with zero attached hydrogens (tertiary/aromatic N) is 5. The quantitative estimate of drug-likeness (QED) is 0.755. The minimum absolute atomic E-state index is 0.145. The molecule has 7 nitrogen and oxygen atoms in total. The number of carbonyl (C=O) groups is 1. The third-order valence-electron chi connectivity index (χ3n) is 4.93. The molecule has 0 aromatic carbocycles. The highest BCUT2D eigenvalue weighted by molar-refractivity contribution is 6.12. The summed E-state index contributed by atoms with van der Waals surface area (Å²) in [4.78, 5) is 29.7. The molecule has 1 unspecified atom stereocenters. The van der Waals surface area contributed by atoms with Gasteiger partial charge in [-0.1, -0.05) is 0 Å². The van der Waals surface area contributed by atoms with Gasteiger partial charge in [0.2, 0.25) is 0 Å². The number of aliphatic hydroxyl groups excluding tert-OH is 1. The van der Waals surface area contributed by atoms with Crippen LogP contribution in [0, 0.1) is 0 Å². The minimum atomic E-state index is -0.692. The van der Waals surface area contributed by atoms with E-state index in [2.05, 4.69) is 15.0 Å². The van der Waals surface area contributed by atoms with Gasteiger partial charge in [0, 0.05) is 44.8 Å². The first-order valence-electron chi connectivity index (χ1n) is 9.17. The van der Waals surface area contributed by atoms with Gasteiger partial charge in [0.05, 0.1) is 17.4 Å². The summed E-state index contributed by atoms with van der Waals surface area (Å²) < 4.78 is 0. The standard InChI is InChI=1S/C21H21N5O2/c1-3-26-19-16(21(28)25(2)17-5-4-8-23-20(17)26)11-14(13-24-19)12-18(27)15-6-9-22-10-7-15/h4-11,13,18,27H,3,12H2,1-2H3. The molecule has 3 aromatic rings. The SMILES string of the molecule is CCN1c2ncc(CC(O)c3ccncc3)cc2C(=O)N(C)c2cccnc21. The number of rotatable bonds is 4. The molecular formula is C21H21N5O2. The van der Waals surface area contributed by atoms with Crippen molar-refractivity contribution >= 4 is 23.2 Å². The highest BCUT2D eigenvalue weighted by atomic mass is 16.3. The Bertz CT molecular complexity index is 1010. The van der Waals surface area contributed by atoms with Crippen molar-refractivity contribution in [3.63, 3.8) is 0 Å². The second-order valence-electron chi connectivity index (χ2n) is 6.67. The van der Waals surface area contributed by atoms with Crippen molar-refractivity contribution in [2.24, 2.45) is 0 Å². The summed E-state index contributed by atoms with van der Waals surface area (Å²) in [5, 5.41) is 10.5. The fraction of sp³-hybridized carbons (Fsp3) is 0.238. The summed E-state index contributed by atoms with van der Waals surface area (Å²) in [6, 6.07) is 9.07. The van der Waals surface area contributed by atoms with E-state index < -0.39 is 6.10 Å². The smallest absolute Gasteiger partial charge is 0.261 e. The van der Waals surface area contributed by atoms with Crippen LogP contribution in [0.3, 0.4) is 0 Å². The van der Waals surface area contributed by atoms with Crippen LogP contribution < -0.4 is 9.80 Å². The molecule has 142 valence electrons. The Labute approximate surface area is 163 Å². The van der Waals surface area contributed by atoms with E-state index >= 15 is 0 Å². The summed E-state index contributed by atoms with van der Waals surface area (Å²) in [5.74, 6) is 1.14. The lowest BCUT2D eigenvalue weighted by molar-refractivity contribution is 0.0993. The second kappa shape index (κ2) is 7.36. The highest BCUT2D eigenvalue weighted by Gasteiger charge is 2.30. The molecule has 1 N–H and O–H groups in total. The fourth-order valence-corrected chi connectivity index (χ4v) is 3.46. The number of fused-ring (bicyclic) bond motifs is 2. The third-order valence-corrected chi connectivity index (χ3v) is 4.93. The first kappa shape index (κ1) is 18.1. The van der Waals surface area contributed by atoms with E-state index in [0.717, 1.165) is 16.8 Å². The van der Waals surface area contributed by atoms with Gasteiger partial charge in [0.1, 0.15) is 5.82 Å². The number of anilines is 3. The van der Waals surface area contributed by atoms with Crippen molar-refractivity contribution in [2.45, 2.75) is 19.4 Å². The molecule has 0 spiro atoms. The maximum absolute atomic E-state index is 13.1. The molecular weight excluding hydrogens is 354 g/mol.